The highest BCUT2D eigenvalue weighted by molar-refractivity contribution is 4.74. The average Bonchev–Trinajstić information content (AvgIpc) is 1.97. The summed E-state index contributed by atoms with van der Waals surface area (Å²) in [6.45, 7) is 7.75. The van der Waals surface area contributed by atoms with Crippen molar-refractivity contribution < 1.29 is 5.11 Å². The molecule has 0 aliphatic heterocycles. The maximum atomic E-state index is 8.95. The third-order valence-electron chi connectivity index (χ3n) is 1.93. The van der Waals surface area contributed by atoms with Crippen LogP contribution in [0.1, 0.15) is 39.5 Å². The van der Waals surface area contributed by atoms with Crippen molar-refractivity contribution >= 4 is 0 Å². The Labute approximate surface area is 70.1 Å². The van der Waals surface area contributed by atoms with Crippen molar-refractivity contribution in [3.05, 3.63) is 12.7 Å². The van der Waals surface area contributed by atoms with Crippen LogP contribution in [0.5, 0.6) is 0 Å². The van der Waals surface area contributed by atoms with E-state index in [0.717, 1.165) is 12.8 Å². The van der Waals surface area contributed by atoms with Gasteiger partial charge in [0.15, 0.2) is 0 Å². The lowest BCUT2D eigenvalue weighted by atomic mass is 10.0. The molecule has 0 heterocycles. The monoisotopic (exact) mass is 156 g/mol. The molecule has 0 amide bonds. The molecule has 0 aromatic rings. The Balaban J connectivity index is 3.07. The van der Waals surface area contributed by atoms with Crippen LogP contribution >= 0.6 is 0 Å². The first-order valence-electron chi connectivity index (χ1n) is 4.47. The molecule has 0 spiro atoms. The van der Waals surface area contributed by atoms with Gasteiger partial charge >= 0.3 is 0 Å². The molecule has 0 rings (SSSR count). The van der Waals surface area contributed by atoms with E-state index in [-0.39, 0.29) is 6.10 Å². The van der Waals surface area contributed by atoms with Gasteiger partial charge in [0.05, 0.1) is 6.10 Å². The van der Waals surface area contributed by atoms with Crippen LogP contribution in [-0.4, -0.2) is 11.2 Å². The van der Waals surface area contributed by atoms with Gasteiger partial charge in [-0.2, -0.15) is 0 Å². The van der Waals surface area contributed by atoms with Crippen molar-refractivity contribution in [2.45, 2.75) is 45.6 Å². The molecule has 0 saturated heterocycles. The summed E-state index contributed by atoms with van der Waals surface area (Å²) in [6, 6.07) is 0. The molecule has 0 aliphatic rings. The zero-order chi connectivity index (χ0) is 8.69. The van der Waals surface area contributed by atoms with Gasteiger partial charge in [-0.1, -0.05) is 25.8 Å². The first-order valence-corrected chi connectivity index (χ1v) is 4.47. The van der Waals surface area contributed by atoms with E-state index >= 15 is 0 Å². The van der Waals surface area contributed by atoms with E-state index in [1.807, 2.05) is 13.0 Å². The molecule has 0 radical (unpaired) electrons. The quantitative estimate of drug-likeness (QED) is 0.463. The summed E-state index contributed by atoms with van der Waals surface area (Å²) in [5.41, 5.74) is 0. The molecular weight excluding hydrogens is 136 g/mol. The number of rotatable bonds is 6. The SMILES string of the molecule is C=CC(C)CCCCC(C)O. The number of aliphatic hydroxyl groups is 1. The van der Waals surface area contributed by atoms with Crippen LogP contribution in [0.2, 0.25) is 0 Å². The molecule has 1 nitrogen and oxygen atoms in total. The fourth-order valence-corrected chi connectivity index (χ4v) is 1.02. The summed E-state index contributed by atoms with van der Waals surface area (Å²) in [4.78, 5) is 0. The van der Waals surface area contributed by atoms with Crippen molar-refractivity contribution in [3.63, 3.8) is 0 Å². The lowest BCUT2D eigenvalue weighted by molar-refractivity contribution is 0.180. The number of hydrogen-bond donors (Lipinski definition) is 1. The standard InChI is InChI=1S/C10H20O/c1-4-9(2)7-5-6-8-10(3)11/h4,9-11H,1,5-8H2,2-3H3. The van der Waals surface area contributed by atoms with Crippen LogP contribution in [0.4, 0.5) is 0 Å². The molecule has 0 fully saturated rings. The van der Waals surface area contributed by atoms with Gasteiger partial charge in [0.1, 0.15) is 0 Å². The second-order valence-electron chi connectivity index (χ2n) is 3.35. The van der Waals surface area contributed by atoms with Gasteiger partial charge in [0, 0.05) is 0 Å². The molecule has 0 bridgehead atoms. The van der Waals surface area contributed by atoms with E-state index in [4.69, 9.17) is 5.11 Å². The van der Waals surface area contributed by atoms with E-state index in [1.54, 1.807) is 0 Å². The van der Waals surface area contributed by atoms with Crippen LogP contribution in [0, 0.1) is 5.92 Å². The Morgan fingerprint density at radius 1 is 1.27 bits per heavy atom. The Bertz CT molecular complexity index is 97.0. The highest BCUT2D eigenvalue weighted by atomic mass is 16.3. The predicted molar refractivity (Wildman–Crippen MR) is 49.5 cm³/mol. The molecule has 0 aromatic carbocycles. The molecule has 1 N–H and O–H groups in total. The Hall–Kier alpha value is -0.300. The Kier molecular flexibility index (Phi) is 6.24. The average molecular weight is 156 g/mol. The first kappa shape index (κ1) is 10.7. The van der Waals surface area contributed by atoms with E-state index < -0.39 is 0 Å². The number of allylic oxidation sites excluding steroid dienone is 1. The highest BCUT2D eigenvalue weighted by Crippen LogP contribution is 2.10. The summed E-state index contributed by atoms with van der Waals surface area (Å²) < 4.78 is 0. The van der Waals surface area contributed by atoms with E-state index in [9.17, 15) is 0 Å². The zero-order valence-corrected chi connectivity index (χ0v) is 7.71. The van der Waals surface area contributed by atoms with Gasteiger partial charge in [-0.25, -0.2) is 0 Å². The van der Waals surface area contributed by atoms with Crippen molar-refractivity contribution in [2.24, 2.45) is 5.92 Å². The van der Waals surface area contributed by atoms with Crippen LogP contribution < -0.4 is 0 Å². The largest absolute Gasteiger partial charge is 0.393 e. The Morgan fingerprint density at radius 3 is 2.27 bits per heavy atom. The molecule has 2 unspecified atom stereocenters. The topological polar surface area (TPSA) is 20.2 Å². The number of aliphatic hydroxyl groups excluding tert-OH is 1. The minimum absolute atomic E-state index is 0.131. The predicted octanol–water partition coefficient (Wildman–Crippen LogP) is 2.75. The number of hydrogen-bond acceptors (Lipinski definition) is 1. The van der Waals surface area contributed by atoms with Crippen LogP contribution in [0.25, 0.3) is 0 Å². The fourth-order valence-electron chi connectivity index (χ4n) is 1.02. The second-order valence-corrected chi connectivity index (χ2v) is 3.35. The Morgan fingerprint density at radius 2 is 1.82 bits per heavy atom. The number of unbranched alkanes of at least 4 members (excludes halogenated alkanes) is 1. The van der Waals surface area contributed by atoms with Gasteiger partial charge < -0.3 is 5.11 Å². The molecule has 2 atom stereocenters. The van der Waals surface area contributed by atoms with Gasteiger partial charge in [0.25, 0.3) is 0 Å². The summed E-state index contributed by atoms with van der Waals surface area (Å²) in [7, 11) is 0. The normalized spacial score (nSPS) is 15.9. The minimum Gasteiger partial charge on any atom is -0.393 e. The van der Waals surface area contributed by atoms with Crippen LogP contribution in [0.15, 0.2) is 12.7 Å². The van der Waals surface area contributed by atoms with E-state index in [1.165, 1.54) is 12.8 Å². The van der Waals surface area contributed by atoms with Crippen LogP contribution in [-0.2, 0) is 0 Å². The molecule has 66 valence electrons. The van der Waals surface area contributed by atoms with E-state index in [0.29, 0.717) is 5.92 Å². The third kappa shape index (κ3) is 7.60. The summed E-state index contributed by atoms with van der Waals surface area (Å²) in [6.07, 6.45) is 6.34. The van der Waals surface area contributed by atoms with Gasteiger partial charge in [-0.05, 0) is 25.7 Å². The maximum absolute atomic E-state index is 8.95. The van der Waals surface area contributed by atoms with Crippen molar-refractivity contribution in [1.29, 1.82) is 0 Å². The summed E-state index contributed by atoms with van der Waals surface area (Å²) in [5.74, 6) is 0.629. The molecular formula is C10H20O. The van der Waals surface area contributed by atoms with Crippen molar-refractivity contribution in [3.8, 4) is 0 Å². The minimum atomic E-state index is -0.131. The van der Waals surface area contributed by atoms with Crippen LogP contribution in [0.3, 0.4) is 0 Å². The second kappa shape index (κ2) is 6.41. The molecule has 0 saturated carbocycles. The summed E-state index contributed by atoms with van der Waals surface area (Å²) >= 11 is 0. The van der Waals surface area contributed by atoms with E-state index in [2.05, 4.69) is 13.5 Å². The summed E-state index contributed by atoms with van der Waals surface area (Å²) in [5, 5.41) is 8.95. The smallest absolute Gasteiger partial charge is 0.0512 e. The third-order valence-corrected chi connectivity index (χ3v) is 1.93. The lowest BCUT2D eigenvalue weighted by Crippen LogP contribution is -1.99. The molecule has 11 heavy (non-hydrogen) atoms. The van der Waals surface area contributed by atoms with Gasteiger partial charge in [0.2, 0.25) is 0 Å². The van der Waals surface area contributed by atoms with Crippen molar-refractivity contribution in [1.82, 2.24) is 0 Å². The first-order chi connectivity index (χ1) is 5.16. The highest BCUT2D eigenvalue weighted by Gasteiger charge is 1.98. The molecule has 0 aromatic heterocycles. The zero-order valence-electron chi connectivity index (χ0n) is 7.71. The molecule has 1 heteroatoms. The van der Waals surface area contributed by atoms with Gasteiger partial charge in [-0.15, -0.1) is 6.58 Å². The maximum Gasteiger partial charge on any atom is 0.0512 e. The van der Waals surface area contributed by atoms with Crippen molar-refractivity contribution in [2.75, 3.05) is 0 Å². The lowest BCUT2D eigenvalue weighted by Gasteiger charge is -2.06. The fraction of sp³-hybridized carbons (Fsp3) is 0.800. The van der Waals surface area contributed by atoms with Gasteiger partial charge in [-0.3, -0.25) is 0 Å². The molecule has 0 aliphatic carbocycles.